The van der Waals surface area contributed by atoms with E-state index in [1.807, 2.05) is 48.5 Å². The van der Waals surface area contributed by atoms with Crippen molar-refractivity contribution in [1.29, 1.82) is 0 Å². The molecule has 106 valence electrons. The monoisotopic (exact) mass is 307 g/mol. The minimum Gasteiger partial charge on any atom is -0.265 e. The summed E-state index contributed by atoms with van der Waals surface area (Å²) in [6, 6.07) is 14.8. The molecule has 22 heavy (non-hydrogen) atoms. The molecule has 0 unspecified atom stereocenters. The third-order valence-electron chi connectivity index (χ3n) is 3.12. The molecule has 0 spiro atoms. The molecular formula is C15H9N5OS. The van der Waals surface area contributed by atoms with Gasteiger partial charge in [-0.05, 0) is 12.1 Å². The van der Waals surface area contributed by atoms with Crippen molar-refractivity contribution in [3.8, 4) is 22.0 Å². The molecule has 0 bridgehead atoms. The molecule has 3 aromatic heterocycles. The molecule has 0 N–H and O–H groups in total. The van der Waals surface area contributed by atoms with Gasteiger partial charge in [0.25, 0.3) is 0 Å². The smallest absolute Gasteiger partial charge is 0.265 e. The highest BCUT2D eigenvalue weighted by molar-refractivity contribution is 7.19. The van der Waals surface area contributed by atoms with Gasteiger partial charge in [-0.1, -0.05) is 47.7 Å². The summed E-state index contributed by atoms with van der Waals surface area (Å²) in [7, 11) is 0. The van der Waals surface area contributed by atoms with Crippen molar-refractivity contribution in [2.45, 2.75) is 0 Å². The van der Waals surface area contributed by atoms with Gasteiger partial charge in [-0.2, -0.15) is 4.52 Å². The van der Waals surface area contributed by atoms with Crippen LogP contribution in [-0.4, -0.2) is 24.8 Å². The molecule has 4 aromatic rings. The average molecular weight is 307 g/mol. The maximum Gasteiger partial charge on any atom is 0.302 e. The van der Waals surface area contributed by atoms with Crippen molar-refractivity contribution in [2.75, 3.05) is 0 Å². The Balaban J connectivity index is 1.92. The number of benzene rings is 1. The fourth-order valence-electron chi connectivity index (χ4n) is 2.08. The second-order valence-corrected chi connectivity index (χ2v) is 5.49. The molecule has 0 aliphatic rings. The fraction of sp³-hybridized carbons (Fsp3) is 0. The summed E-state index contributed by atoms with van der Waals surface area (Å²) in [5.74, 6) is 0. The first-order chi connectivity index (χ1) is 10.8. The van der Waals surface area contributed by atoms with Crippen LogP contribution in [0.2, 0.25) is 0 Å². The predicted octanol–water partition coefficient (Wildman–Crippen LogP) is 2.27. The Hall–Kier alpha value is -2.93. The summed E-state index contributed by atoms with van der Waals surface area (Å²) < 4.78 is 1.28. The van der Waals surface area contributed by atoms with Gasteiger partial charge in [-0.15, -0.1) is 15.3 Å². The van der Waals surface area contributed by atoms with Crippen LogP contribution in [0.1, 0.15) is 0 Å². The normalized spacial score (nSPS) is 10.9. The molecule has 6 nitrogen and oxygen atoms in total. The molecule has 3 heterocycles. The van der Waals surface area contributed by atoms with E-state index >= 15 is 0 Å². The summed E-state index contributed by atoms with van der Waals surface area (Å²) in [5.41, 5.74) is 1.44. The van der Waals surface area contributed by atoms with Crippen LogP contribution in [0.4, 0.5) is 0 Å². The lowest BCUT2D eigenvalue weighted by molar-refractivity contribution is 0.860. The van der Waals surface area contributed by atoms with Crippen LogP contribution in [0.5, 0.6) is 0 Å². The molecule has 0 atom stereocenters. The number of aromatic nitrogens is 5. The van der Waals surface area contributed by atoms with E-state index in [4.69, 9.17) is 0 Å². The van der Waals surface area contributed by atoms with Gasteiger partial charge in [0, 0.05) is 11.8 Å². The molecule has 0 fully saturated rings. The highest BCUT2D eigenvalue weighted by Crippen LogP contribution is 2.22. The number of nitrogens with zero attached hydrogens (tertiary/aromatic N) is 5. The average Bonchev–Trinajstić information content (AvgIpc) is 3.02. The highest BCUT2D eigenvalue weighted by Gasteiger charge is 2.14. The van der Waals surface area contributed by atoms with E-state index in [1.54, 1.807) is 6.20 Å². The van der Waals surface area contributed by atoms with Crippen molar-refractivity contribution < 1.29 is 0 Å². The second-order valence-electron chi connectivity index (χ2n) is 4.54. The van der Waals surface area contributed by atoms with Crippen LogP contribution in [-0.2, 0) is 0 Å². The van der Waals surface area contributed by atoms with E-state index in [1.165, 1.54) is 15.9 Å². The van der Waals surface area contributed by atoms with Crippen molar-refractivity contribution in [3.05, 3.63) is 65.1 Å². The minimum atomic E-state index is -0.283. The lowest BCUT2D eigenvalue weighted by Crippen LogP contribution is -2.19. The maximum atomic E-state index is 12.6. The number of rotatable bonds is 2. The first kappa shape index (κ1) is 12.8. The maximum absolute atomic E-state index is 12.6. The topological polar surface area (TPSA) is 73.0 Å². The van der Waals surface area contributed by atoms with Gasteiger partial charge in [0.15, 0.2) is 10.7 Å². The van der Waals surface area contributed by atoms with E-state index in [0.29, 0.717) is 15.7 Å². The first-order valence-electron chi connectivity index (χ1n) is 6.56. The zero-order chi connectivity index (χ0) is 14.9. The third kappa shape index (κ3) is 2.08. The van der Waals surface area contributed by atoms with E-state index in [2.05, 4.69) is 20.3 Å². The molecule has 0 saturated heterocycles. The second kappa shape index (κ2) is 5.12. The van der Waals surface area contributed by atoms with E-state index in [0.717, 1.165) is 5.56 Å². The molecule has 1 aromatic carbocycles. The lowest BCUT2D eigenvalue weighted by Gasteiger charge is -1.97. The minimum absolute atomic E-state index is 0.283. The largest absolute Gasteiger partial charge is 0.302 e. The Morgan fingerprint density at radius 1 is 0.955 bits per heavy atom. The van der Waals surface area contributed by atoms with Crippen LogP contribution in [0.3, 0.4) is 0 Å². The van der Waals surface area contributed by atoms with E-state index in [9.17, 15) is 4.79 Å². The molecule has 0 radical (unpaired) electrons. The number of fused-ring (bicyclic) bond motifs is 1. The van der Waals surface area contributed by atoms with Gasteiger partial charge < -0.3 is 0 Å². The number of hydrogen-bond acceptors (Lipinski definition) is 6. The van der Waals surface area contributed by atoms with Crippen LogP contribution >= 0.6 is 11.3 Å². The van der Waals surface area contributed by atoms with Gasteiger partial charge in [-0.3, -0.25) is 9.78 Å². The van der Waals surface area contributed by atoms with E-state index < -0.39 is 0 Å². The Morgan fingerprint density at radius 3 is 2.55 bits per heavy atom. The molecule has 0 saturated carbocycles. The van der Waals surface area contributed by atoms with Gasteiger partial charge in [-0.25, -0.2) is 0 Å². The Bertz CT molecular complexity index is 995. The summed E-state index contributed by atoms with van der Waals surface area (Å²) in [4.78, 5) is 17.2. The van der Waals surface area contributed by atoms with Gasteiger partial charge in [0.2, 0.25) is 4.96 Å². The van der Waals surface area contributed by atoms with Gasteiger partial charge in [0.1, 0.15) is 5.69 Å². The van der Waals surface area contributed by atoms with Gasteiger partial charge in [0.05, 0.1) is 0 Å². The molecular weight excluding hydrogens is 298 g/mol. The predicted molar refractivity (Wildman–Crippen MR) is 83.6 cm³/mol. The number of hydrogen-bond donors (Lipinski definition) is 0. The first-order valence-corrected chi connectivity index (χ1v) is 7.38. The quantitative estimate of drug-likeness (QED) is 0.568. The lowest BCUT2D eigenvalue weighted by atomic mass is 10.2. The van der Waals surface area contributed by atoms with Crippen LogP contribution in [0.25, 0.3) is 26.9 Å². The Morgan fingerprint density at radius 2 is 1.77 bits per heavy atom. The molecule has 0 aliphatic carbocycles. The summed E-state index contributed by atoms with van der Waals surface area (Å²) in [5, 5.41) is 13.1. The van der Waals surface area contributed by atoms with Crippen molar-refractivity contribution >= 4 is 16.3 Å². The zero-order valence-electron chi connectivity index (χ0n) is 11.2. The SMILES string of the molecule is O=c1c(-c2ccccc2)nnc2sc(-c3ccccn3)nn12. The Labute approximate surface area is 128 Å². The van der Waals surface area contributed by atoms with Crippen molar-refractivity contribution in [3.63, 3.8) is 0 Å². The fourth-order valence-corrected chi connectivity index (χ4v) is 2.90. The Kier molecular flexibility index (Phi) is 2.97. The van der Waals surface area contributed by atoms with Crippen LogP contribution in [0.15, 0.2) is 59.5 Å². The molecule has 4 rings (SSSR count). The number of pyridine rings is 1. The van der Waals surface area contributed by atoms with Crippen LogP contribution < -0.4 is 5.56 Å². The van der Waals surface area contributed by atoms with Crippen LogP contribution in [0, 0.1) is 0 Å². The molecule has 7 heteroatoms. The summed E-state index contributed by atoms with van der Waals surface area (Å²) >= 11 is 1.28. The standard InChI is InChI=1S/C15H9N5OS/c21-14-12(10-6-2-1-3-7-10)17-18-15-20(14)19-13(22-15)11-8-4-5-9-16-11/h1-9H. The highest BCUT2D eigenvalue weighted by atomic mass is 32.1. The van der Waals surface area contributed by atoms with E-state index in [-0.39, 0.29) is 11.3 Å². The summed E-state index contributed by atoms with van der Waals surface area (Å²) in [6.45, 7) is 0. The third-order valence-corrected chi connectivity index (χ3v) is 4.04. The zero-order valence-corrected chi connectivity index (χ0v) is 12.1. The van der Waals surface area contributed by atoms with Crippen molar-refractivity contribution in [1.82, 2.24) is 24.8 Å². The molecule has 0 aliphatic heterocycles. The van der Waals surface area contributed by atoms with Gasteiger partial charge >= 0.3 is 5.56 Å². The molecule has 0 amide bonds. The van der Waals surface area contributed by atoms with Crippen molar-refractivity contribution in [2.24, 2.45) is 0 Å². The summed E-state index contributed by atoms with van der Waals surface area (Å²) in [6.07, 6.45) is 1.69.